The van der Waals surface area contributed by atoms with Gasteiger partial charge in [0.15, 0.2) is 10.9 Å². The Kier molecular flexibility index (Phi) is 5.80. The smallest absolute Gasteiger partial charge is 0.251 e. The normalized spacial score (nSPS) is 9.56. The number of carbonyl (C=O) groups is 1. The fraction of sp³-hybridized carbons (Fsp3) is 0.0833. The van der Waals surface area contributed by atoms with Gasteiger partial charge in [0.05, 0.1) is 5.75 Å². The molecule has 0 saturated heterocycles. The first kappa shape index (κ1) is 14.7. The minimum atomic E-state index is -0.213. The second-order valence-electron chi connectivity index (χ2n) is 3.32. The lowest BCUT2D eigenvalue weighted by Gasteiger charge is -2.00. The van der Waals surface area contributed by atoms with Crippen LogP contribution in [0.15, 0.2) is 52.5 Å². The van der Waals surface area contributed by atoms with Crippen molar-refractivity contribution in [3.8, 4) is 0 Å². The predicted molar refractivity (Wildman–Crippen MR) is 76.7 cm³/mol. The Morgan fingerprint density at radius 2 is 1.94 bits per heavy atom. The standard InChI is InChI=1S/C12H10N2O2S.BrH/c15-10(9-4-2-1-3-5-9)8-17-12-13-7-6-11(16)14-12;/h1-7H,8H2,(H,13,14,16);1H. The molecule has 6 heteroatoms. The number of H-pyrrole nitrogens is 1. The molecule has 18 heavy (non-hydrogen) atoms. The van der Waals surface area contributed by atoms with Crippen LogP contribution in [0.25, 0.3) is 0 Å². The van der Waals surface area contributed by atoms with Crippen molar-refractivity contribution in [3.05, 3.63) is 58.5 Å². The molecule has 0 aliphatic heterocycles. The second kappa shape index (κ2) is 7.13. The summed E-state index contributed by atoms with van der Waals surface area (Å²) in [5.41, 5.74) is 0.452. The molecule has 0 bridgehead atoms. The van der Waals surface area contributed by atoms with E-state index in [1.54, 1.807) is 12.1 Å². The number of carbonyl (C=O) groups excluding carboxylic acids is 1. The molecule has 0 unspecified atom stereocenters. The largest absolute Gasteiger partial charge is 0.301 e. The third-order valence-electron chi connectivity index (χ3n) is 2.08. The van der Waals surface area contributed by atoms with Gasteiger partial charge in [-0.25, -0.2) is 4.98 Å². The number of benzene rings is 1. The van der Waals surface area contributed by atoms with Crippen LogP contribution in [-0.4, -0.2) is 21.5 Å². The molecule has 1 aromatic carbocycles. The lowest BCUT2D eigenvalue weighted by molar-refractivity contribution is 0.102. The Balaban J connectivity index is 0.00000162. The van der Waals surface area contributed by atoms with Crippen molar-refractivity contribution >= 4 is 34.5 Å². The maximum atomic E-state index is 11.8. The van der Waals surface area contributed by atoms with Gasteiger partial charge in [0.25, 0.3) is 5.56 Å². The number of nitrogens with zero attached hydrogens (tertiary/aromatic N) is 1. The molecule has 94 valence electrons. The van der Waals surface area contributed by atoms with Gasteiger partial charge in [-0.2, -0.15) is 0 Å². The highest BCUT2D eigenvalue weighted by Crippen LogP contribution is 2.12. The Morgan fingerprint density at radius 3 is 2.61 bits per heavy atom. The van der Waals surface area contributed by atoms with Gasteiger partial charge < -0.3 is 4.98 Å². The van der Waals surface area contributed by atoms with E-state index in [1.165, 1.54) is 24.0 Å². The number of thioether (sulfide) groups is 1. The first-order chi connectivity index (χ1) is 8.25. The number of hydrogen-bond acceptors (Lipinski definition) is 4. The van der Waals surface area contributed by atoms with Crippen LogP contribution in [0.2, 0.25) is 0 Å². The lowest BCUT2D eigenvalue weighted by atomic mass is 10.2. The maximum Gasteiger partial charge on any atom is 0.251 e. The molecule has 2 rings (SSSR count). The van der Waals surface area contributed by atoms with Crippen molar-refractivity contribution in [3.63, 3.8) is 0 Å². The van der Waals surface area contributed by atoms with Crippen molar-refractivity contribution in [2.45, 2.75) is 5.16 Å². The minimum absolute atomic E-state index is 0. The number of ketones is 1. The van der Waals surface area contributed by atoms with Crippen molar-refractivity contribution in [1.29, 1.82) is 0 Å². The zero-order valence-electron chi connectivity index (χ0n) is 9.33. The van der Waals surface area contributed by atoms with Crippen LogP contribution in [-0.2, 0) is 0 Å². The highest BCUT2D eigenvalue weighted by atomic mass is 79.9. The number of aromatic nitrogens is 2. The Bertz CT molecular complexity index is 572. The third-order valence-corrected chi connectivity index (χ3v) is 2.97. The van der Waals surface area contributed by atoms with Gasteiger partial charge >= 0.3 is 0 Å². The first-order valence-electron chi connectivity index (χ1n) is 5.02. The summed E-state index contributed by atoms with van der Waals surface area (Å²) in [5, 5.41) is 0.460. The molecule has 0 amide bonds. The van der Waals surface area contributed by atoms with Crippen LogP contribution in [0.1, 0.15) is 10.4 Å². The Morgan fingerprint density at radius 1 is 1.22 bits per heavy atom. The van der Waals surface area contributed by atoms with E-state index in [-0.39, 0.29) is 34.1 Å². The van der Waals surface area contributed by atoms with Gasteiger partial charge in [0.1, 0.15) is 0 Å². The fourth-order valence-corrected chi connectivity index (χ4v) is 2.01. The highest BCUT2D eigenvalue weighted by molar-refractivity contribution is 8.93. The van der Waals surface area contributed by atoms with Crippen molar-refractivity contribution in [2.75, 3.05) is 5.75 Å². The average molecular weight is 327 g/mol. The summed E-state index contributed by atoms with van der Waals surface area (Å²) in [6.45, 7) is 0. The molecule has 1 aromatic heterocycles. The van der Waals surface area contributed by atoms with Crippen molar-refractivity contribution in [2.24, 2.45) is 0 Å². The van der Waals surface area contributed by atoms with E-state index in [0.29, 0.717) is 10.7 Å². The molecule has 0 radical (unpaired) electrons. The van der Waals surface area contributed by atoms with Gasteiger partial charge in [-0.3, -0.25) is 9.59 Å². The van der Waals surface area contributed by atoms with E-state index in [1.807, 2.05) is 18.2 Å². The fourth-order valence-electron chi connectivity index (χ4n) is 1.27. The average Bonchev–Trinajstić information content (AvgIpc) is 2.37. The summed E-state index contributed by atoms with van der Waals surface area (Å²) in [7, 11) is 0. The summed E-state index contributed by atoms with van der Waals surface area (Å²) < 4.78 is 0. The van der Waals surface area contributed by atoms with E-state index in [2.05, 4.69) is 9.97 Å². The topological polar surface area (TPSA) is 62.8 Å². The zero-order chi connectivity index (χ0) is 12.1. The van der Waals surface area contributed by atoms with Crippen molar-refractivity contribution < 1.29 is 4.79 Å². The first-order valence-corrected chi connectivity index (χ1v) is 6.00. The quantitative estimate of drug-likeness (QED) is 0.532. The van der Waals surface area contributed by atoms with Crippen LogP contribution < -0.4 is 5.56 Å². The second-order valence-corrected chi connectivity index (χ2v) is 4.28. The van der Waals surface area contributed by atoms with Gasteiger partial charge in [-0.15, -0.1) is 17.0 Å². The van der Waals surface area contributed by atoms with E-state index in [0.717, 1.165) is 0 Å². The number of aromatic amines is 1. The highest BCUT2D eigenvalue weighted by Gasteiger charge is 2.06. The molecule has 0 fully saturated rings. The van der Waals surface area contributed by atoms with Crippen LogP contribution in [0.4, 0.5) is 0 Å². The molecule has 0 spiro atoms. The maximum absolute atomic E-state index is 11.8. The summed E-state index contributed by atoms with van der Waals surface area (Å²) in [6, 6.07) is 10.4. The van der Waals surface area contributed by atoms with Gasteiger partial charge in [-0.1, -0.05) is 42.1 Å². The summed E-state index contributed by atoms with van der Waals surface area (Å²) in [4.78, 5) is 29.3. The molecule has 4 nitrogen and oxygen atoms in total. The molecule has 1 heterocycles. The molecule has 0 aliphatic carbocycles. The van der Waals surface area contributed by atoms with E-state index >= 15 is 0 Å². The Labute approximate surface area is 119 Å². The number of Topliss-reactive ketones (excluding diaryl/α,β-unsaturated/α-hetero) is 1. The van der Waals surface area contributed by atoms with E-state index < -0.39 is 0 Å². The van der Waals surface area contributed by atoms with E-state index in [4.69, 9.17) is 0 Å². The molecule has 0 saturated carbocycles. The number of hydrogen-bond donors (Lipinski definition) is 1. The number of nitrogens with one attached hydrogen (secondary N) is 1. The summed E-state index contributed by atoms with van der Waals surface area (Å²) in [6.07, 6.45) is 1.42. The molecular weight excluding hydrogens is 316 g/mol. The van der Waals surface area contributed by atoms with Crippen molar-refractivity contribution in [1.82, 2.24) is 9.97 Å². The van der Waals surface area contributed by atoms with Crippen LogP contribution in [0.5, 0.6) is 0 Å². The van der Waals surface area contributed by atoms with Crippen LogP contribution >= 0.6 is 28.7 Å². The zero-order valence-corrected chi connectivity index (χ0v) is 11.9. The van der Waals surface area contributed by atoms with E-state index in [9.17, 15) is 9.59 Å². The van der Waals surface area contributed by atoms with Crippen LogP contribution in [0, 0.1) is 0 Å². The van der Waals surface area contributed by atoms with Gasteiger partial charge in [0, 0.05) is 17.8 Å². The monoisotopic (exact) mass is 326 g/mol. The summed E-state index contributed by atoms with van der Waals surface area (Å²) in [5.74, 6) is 0.277. The summed E-state index contributed by atoms with van der Waals surface area (Å²) >= 11 is 1.22. The minimum Gasteiger partial charge on any atom is -0.301 e. The SMILES string of the molecule is Br.O=C(CSc1nccc(=O)[nH]1)c1ccccc1. The number of halogens is 1. The molecular formula is C12H11BrN2O2S. The third kappa shape index (κ3) is 4.12. The molecule has 2 aromatic rings. The van der Waals surface area contributed by atoms with Gasteiger partial charge in [-0.05, 0) is 0 Å². The molecule has 1 N–H and O–H groups in total. The molecule has 0 aliphatic rings. The molecule has 0 atom stereocenters. The lowest BCUT2D eigenvalue weighted by Crippen LogP contribution is -2.07. The Hall–Kier alpha value is -1.40. The van der Waals surface area contributed by atoms with Crippen LogP contribution in [0.3, 0.4) is 0 Å². The van der Waals surface area contributed by atoms with Gasteiger partial charge in [0.2, 0.25) is 0 Å². The predicted octanol–water partition coefficient (Wildman–Crippen LogP) is 2.32. The number of rotatable bonds is 4.